The summed E-state index contributed by atoms with van der Waals surface area (Å²) < 4.78 is 5.63. The predicted molar refractivity (Wildman–Crippen MR) is 57.6 cm³/mol. The third-order valence-electron chi connectivity index (χ3n) is 2.51. The molecule has 2 rings (SSSR count). The zero-order chi connectivity index (χ0) is 10.1. The Morgan fingerprint density at radius 1 is 1.29 bits per heavy atom. The van der Waals surface area contributed by atoms with E-state index >= 15 is 0 Å². The van der Waals surface area contributed by atoms with Crippen molar-refractivity contribution < 1.29 is 4.74 Å². The van der Waals surface area contributed by atoms with Crippen LogP contribution in [0.4, 0.5) is 0 Å². The summed E-state index contributed by atoms with van der Waals surface area (Å²) in [5.74, 6) is 0.966. The van der Waals surface area contributed by atoms with Crippen LogP contribution in [0, 0.1) is 0 Å². The molecule has 1 atom stereocenters. The minimum atomic E-state index is 0.239. The van der Waals surface area contributed by atoms with Gasteiger partial charge in [-0.15, -0.1) is 0 Å². The molecule has 0 radical (unpaired) electrons. The van der Waals surface area contributed by atoms with Crippen LogP contribution in [0.3, 0.4) is 0 Å². The van der Waals surface area contributed by atoms with E-state index in [1.165, 1.54) is 11.1 Å². The molecule has 2 heteroatoms. The second-order valence-electron chi connectivity index (χ2n) is 4.27. The first-order chi connectivity index (χ1) is 6.65. The van der Waals surface area contributed by atoms with Gasteiger partial charge in [0.15, 0.2) is 0 Å². The fraction of sp³-hybridized carbons (Fsp3) is 0.500. The average Bonchev–Trinajstić information content (AvgIpc) is 2.42. The second-order valence-corrected chi connectivity index (χ2v) is 4.27. The van der Waals surface area contributed by atoms with Gasteiger partial charge in [0.05, 0.1) is 6.10 Å². The van der Waals surface area contributed by atoms with E-state index in [0.29, 0.717) is 6.04 Å². The summed E-state index contributed by atoms with van der Waals surface area (Å²) in [6, 6.07) is 6.61. The first-order valence-electron chi connectivity index (χ1n) is 5.19. The molecule has 0 aliphatic heterocycles. The van der Waals surface area contributed by atoms with E-state index in [9.17, 15) is 0 Å². The number of hydrogen-bond acceptors (Lipinski definition) is 2. The number of ether oxygens (including phenoxy) is 1. The molecule has 0 saturated heterocycles. The normalized spacial score (nSPS) is 19.9. The Hall–Kier alpha value is -1.02. The Morgan fingerprint density at radius 2 is 2.00 bits per heavy atom. The van der Waals surface area contributed by atoms with Gasteiger partial charge in [-0.3, -0.25) is 0 Å². The first-order valence-corrected chi connectivity index (χ1v) is 5.19. The quantitative estimate of drug-likeness (QED) is 0.775. The van der Waals surface area contributed by atoms with E-state index in [1.807, 2.05) is 19.9 Å². The van der Waals surface area contributed by atoms with Gasteiger partial charge in [0.2, 0.25) is 0 Å². The molecule has 1 aromatic rings. The van der Waals surface area contributed by atoms with Crippen LogP contribution in [-0.2, 0) is 12.8 Å². The van der Waals surface area contributed by atoms with Gasteiger partial charge in [-0.25, -0.2) is 0 Å². The summed E-state index contributed by atoms with van der Waals surface area (Å²) in [4.78, 5) is 0. The number of nitrogens with two attached hydrogens (primary N) is 1. The van der Waals surface area contributed by atoms with Gasteiger partial charge in [-0.2, -0.15) is 0 Å². The lowest BCUT2D eigenvalue weighted by atomic mass is 10.1. The van der Waals surface area contributed by atoms with E-state index in [4.69, 9.17) is 10.5 Å². The topological polar surface area (TPSA) is 35.2 Å². The van der Waals surface area contributed by atoms with Crippen molar-refractivity contribution in [1.82, 2.24) is 0 Å². The lowest BCUT2D eigenvalue weighted by molar-refractivity contribution is 0.242. The van der Waals surface area contributed by atoms with Crippen molar-refractivity contribution in [3.8, 4) is 5.75 Å². The number of hydrogen-bond donors (Lipinski definition) is 1. The van der Waals surface area contributed by atoms with Crippen LogP contribution in [0.25, 0.3) is 0 Å². The van der Waals surface area contributed by atoms with E-state index in [-0.39, 0.29) is 6.10 Å². The molecule has 0 bridgehead atoms. The van der Waals surface area contributed by atoms with Gasteiger partial charge in [-0.05, 0) is 49.9 Å². The highest BCUT2D eigenvalue weighted by molar-refractivity contribution is 5.39. The maximum absolute atomic E-state index is 5.90. The van der Waals surface area contributed by atoms with Crippen molar-refractivity contribution in [1.29, 1.82) is 0 Å². The Kier molecular flexibility index (Phi) is 2.46. The fourth-order valence-electron chi connectivity index (χ4n) is 1.97. The molecule has 0 heterocycles. The van der Waals surface area contributed by atoms with E-state index < -0.39 is 0 Å². The summed E-state index contributed by atoms with van der Waals surface area (Å²) in [7, 11) is 0. The van der Waals surface area contributed by atoms with Crippen molar-refractivity contribution >= 4 is 0 Å². The summed E-state index contributed by atoms with van der Waals surface area (Å²) in [6.45, 7) is 4.08. The predicted octanol–water partition coefficient (Wildman–Crippen LogP) is 1.90. The molecule has 1 aromatic carbocycles. The van der Waals surface area contributed by atoms with Gasteiger partial charge < -0.3 is 10.5 Å². The van der Waals surface area contributed by atoms with Crippen molar-refractivity contribution in [3.63, 3.8) is 0 Å². The number of benzene rings is 1. The highest BCUT2D eigenvalue weighted by atomic mass is 16.5. The Bertz CT molecular complexity index is 333. The third kappa shape index (κ3) is 1.90. The molecule has 0 saturated carbocycles. The summed E-state index contributed by atoms with van der Waals surface area (Å²) in [6.07, 6.45) is 2.24. The van der Waals surface area contributed by atoms with Crippen LogP contribution in [0.5, 0.6) is 5.75 Å². The molecule has 2 N–H and O–H groups in total. The molecule has 14 heavy (non-hydrogen) atoms. The Labute approximate surface area is 85.1 Å². The van der Waals surface area contributed by atoms with Crippen LogP contribution >= 0.6 is 0 Å². The van der Waals surface area contributed by atoms with Gasteiger partial charge in [-0.1, -0.05) is 6.07 Å². The summed E-state index contributed by atoms with van der Waals surface area (Å²) in [5, 5.41) is 0. The van der Waals surface area contributed by atoms with Crippen LogP contribution < -0.4 is 10.5 Å². The molecule has 0 spiro atoms. The van der Waals surface area contributed by atoms with E-state index in [1.54, 1.807) is 0 Å². The third-order valence-corrected chi connectivity index (χ3v) is 2.51. The fourth-order valence-corrected chi connectivity index (χ4v) is 1.97. The maximum atomic E-state index is 5.90. The van der Waals surface area contributed by atoms with Gasteiger partial charge in [0.25, 0.3) is 0 Å². The maximum Gasteiger partial charge on any atom is 0.119 e. The lowest BCUT2D eigenvalue weighted by Crippen LogP contribution is -2.18. The minimum Gasteiger partial charge on any atom is -0.491 e. The van der Waals surface area contributed by atoms with Crippen LogP contribution in [0.1, 0.15) is 25.0 Å². The number of rotatable bonds is 2. The van der Waals surface area contributed by atoms with Gasteiger partial charge in [0, 0.05) is 6.04 Å². The van der Waals surface area contributed by atoms with Crippen LogP contribution in [0.15, 0.2) is 18.2 Å². The highest BCUT2D eigenvalue weighted by Gasteiger charge is 2.18. The van der Waals surface area contributed by atoms with E-state index in [0.717, 1.165) is 18.6 Å². The smallest absolute Gasteiger partial charge is 0.119 e. The lowest BCUT2D eigenvalue weighted by Gasteiger charge is -2.10. The SMILES string of the molecule is CC(C)Oc1ccc2c(c1)CC(N)C2. The molecule has 1 aliphatic rings. The molecule has 1 aliphatic carbocycles. The molecule has 1 unspecified atom stereocenters. The molecule has 0 amide bonds. The monoisotopic (exact) mass is 191 g/mol. The number of fused-ring (bicyclic) bond motifs is 1. The Balaban J connectivity index is 2.20. The zero-order valence-electron chi connectivity index (χ0n) is 8.79. The molecule has 2 nitrogen and oxygen atoms in total. The van der Waals surface area contributed by atoms with Gasteiger partial charge >= 0.3 is 0 Å². The van der Waals surface area contributed by atoms with E-state index in [2.05, 4.69) is 12.1 Å². The minimum absolute atomic E-state index is 0.239. The molecule has 0 fully saturated rings. The molecule has 0 aromatic heterocycles. The standard InChI is InChI=1S/C12H17NO/c1-8(2)14-12-4-3-9-5-11(13)6-10(9)7-12/h3-4,7-8,11H,5-6,13H2,1-2H3. The first kappa shape index (κ1) is 9.53. The molecular formula is C12H17NO. The van der Waals surface area contributed by atoms with Crippen molar-refractivity contribution in [2.75, 3.05) is 0 Å². The van der Waals surface area contributed by atoms with Crippen LogP contribution in [-0.4, -0.2) is 12.1 Å². The summed E-state index contributed by atoms with van der Waals surface area (Å²) >= 11 is 0. The van der Waals surface area contributed by atoms with Crippen molar-refractivity contribution in [2.24, 2.45) is 5.73 Å². The van der Waals surface area contributed by atoms with Crippen molar-refractivity contribution in [2.45, 2.75) is 38.8 Å². The molecular weight excluding hydrogens is 174 g/mol. The highest BCUT2D eigenvalue weighted by Crippen LogP contribution is 2.26. The summed E-state index contributed by atoms with van der Waals surface area (Å²) in [5.41, 5.74) is 8.64. The second kappa shape index (κ2) is 3.62. The van der Waals surface area contributed by atoms with Crippen LogP contribution in [0.2, 0.25) is 0 Å². The van der Waals surface area contributed by atoms with Gasteiger partial charge in [0.1, 0.15) is 5.75 Å². The zero-order valence-corrected chi connectivity index (χ0v) is 8.79. The Morgan fingerprint density at radius 3 is 2.71 bits per heavy atom. The largest absolute Gasteiger partial charge is 0.491 e. The average molecular weight is 191 g/mol. The van der Waals surface area contributed by atoms with Crippen molar-refractivity contribution in [3.05, 3.63) is 29.3 Å². The molecule has 76 valence electrons.